The van der Waals surface area contributed by atoms with Crippen molar-refractivity contribution in [2.75, 3.05) is 26.5 Å². The van der Waals surface area contributed by atoms with Crippen molar-refractivity contribution in [1.82, 2.24) is 4.90 Å². The molecule has 0 N–H and O–H groups in total. The number of hydrogen-bond acceptors (Lipinski definition) is 5. The van der Waals surface area contributed by atoms with Crippen LogP contribution in [0.4, 0.5) is 0 Å². The molecule has 1 amide bonds. The number of carbonyl (C=O) groups is 1. The number of unbranched alkanes of at least 4 members (excludes halogenated alkanes) is 1. The number of rotatable bonds is 11. The van der Waals surface area contributed by atoms with Gasteiger partial charge < -0.3 is 13.8 Å². The summed E-state index contributed by atoms with van der Waals surface area (Å²) in [4.78, 5) is 14.2. The SMILES string of the molecule is CCCCC(=O)N(CCCOC)Cc1ccc(OS(C)(=O)=O)cc1. The van der Waals surface area contributed by atoms with Crippen LogP contribution in [-0.4, -0.2) is 45.7 Å². The van der Waals surface area contributed by atoms with Crippen molar-refractivity contribution >= 4 is 16.0 Å². The van der Waals surface area contributed by atoms with Gasteiger partial charge >= 0.3 is 10.1 Å². The minimum atomic E-state index is -3.53. The molecule has 1 aromatic carbocycles. The minimum absolute atomic E-state index is 0.129. The van der Waals surface area contributed by atoms with E-state index in [1.54, 1.807) is 31.4 Å². The summed E-state index contributed by atoms with van der Waals surface area (Å²) in [7, 11) is -1.89. The van der Waals surface area contributed by atoms with Crippen LogP contribution in [0.2, 0.25) is 0 Å². The number of nitrogens with zero attached hydrogens (tertiary/aromatic N) is 1. The van der Waals surface area contributed by atoms with Crippen molar-refractivity contribution in [1.29, 1.82) is 0 Å². The van der Waals surface area contributed by atoms with Gasteiger partial charge in [-0.1, -0.05) is 25.5 Å². The lowest BCUT2D eigenvalue weighted by atomic mass is 10.1. The van der Waals surface area contributed by atoms with Gasteiger partial charge in [0.05, 0.1) is 6.26 Å². The van der Waals surface area contributed by atoms with Gasteiger partial charge in [-0.05, 0) is 30.5 Å². The van der Waals surface area contributed by atoms with Crippen molar-refractivity contribution in [2.24, 2.45) is 0 Å². The van der Waals surface area contributed by atoms with E-state index in [-0.39, 0.29) is 11.7 Å². The lowest BCUT2D eigenvalue weighted by Crippen LogP contribution is -2.31. The lowest BCUT2D eigenvalue weighted by Gasteiger charge is -2.23. The Balaban J connectivity index is 2.71. The molecule has 0 atom stereocenters. The summed E-state index contributed by atoms with van der Waals surface area (Å²) in [5, 5.41) is 0. The first-order valence-corrected chi connectivity index (χ1v) is 9.92. The van der Waals surface area contributed by atoms with Gasteiger partial charge in [0.2, 0.25) is 5.91 Å². The molecule has 0 saturated carbocycles. The molecule has 0 aliphatic rings. The van der Waals surface area contributed by atoms with Gasteiger partial charge in [0.1, 0.15) is 5.75 Å². The second-order valence-electron chi connectivity index (χ2n) is 5.70. The fraction of sp³-hybridized carbons (Fsp3) is 0.588. The third kappa shape index (κ3) is 8.31. The summed E-state index contributed by atoms with van der Waals surface area (Å²) < 4.78 is 32.1. The van der Waals surface area contributed by atoms with Gasteiger partial charge in [-0.15, -0.1) is 0 Å². The second-order valence-corrected chi connectivity index (χ2v) is 7.27. The van der Waals surface area contributed by atoms with E-state index in [4.69, 9.17) is 8.92 Å². The number of benzene rings is 1. The van der Waals surface area contributed by atoms with Gasteiger partial charge in [-0.2, -0.15) is 8.42 Å². The summed E-state index contributed by atoms with van der Waals surface area (Å²) in [5.74, 6) is 0.397. The van der Waals surface area contributed by atoms with Gasteiger partial charge in [0, 0.05) is 33.2 Å². The summed E-state index contributed by atoms with van der Waals surface area (Å²) in [6.45, 7) is 3.80. The van der Waals surface area contributed by atoms with Crippen LogP contribution in [0.1, 0.15) is 38.2 Å². The zero-order chi connectivity index (χ0) is 18.0. The number of hydrogen-bond donors (Lipinski definition) is 0. The average molecular weight is 357 g/mol. The summed E-state index contributed by atoms with van der Waals surface area (Å²) in [6.07, 6.45) is 4.18. The maximum absolute atomic E-state index is 12.3. The molecule has 0 aromatic heterocycles. The Morgan fingerprint density at radius 1 is 1.17 bits per heavy atom. The molecule has 0 aliphatic heterocycles. The van der Waals surface area contributed by atoms with Crippen LogP contribution < -0.4 is 4.18 Å². The third-order valence-electron chi connectivity index (χ3n) is 3.42. The van der Waals surface area contributed by atoms with E-state index in [0.29, 0.717) is 26.1 Å². The highest BCUT2D eigenvalue weighted by Crippen LogP contribution is 2.16. The van der Waals surface area contributed by atoms with Crippen LogP contribution >= 0.6 is 0 Å². The Bertz CT molecular complexity index is 598. The van der Waals surface area contributed by atoms with Crippen molar-refractivity contribution < 1.29 is 22.1 Å². The van der Waals surface area contributed by atoms with Crippen molar-refractivity contribution in [3.05, 3.63) is 29.8 Å². The van der Waals surface area contributed by atoms with Gasteiger partial charge in [-0.3, -0.25) is 4.79 Å². The molecule has 0 heterocycles. The maximum Gasteiger partial charge on any atom is 0.306 e. The molecule has 0 radical (unpaired) electrons. The predicted octanol–water partition coefficient (Wildman–Crippen LogP) is 2.58. The zero-order valence-electron chi connectivity index (χ0n) is 14.7. The number of ether oxygens (including phenoxy) is 1. The summed E-state index contributed by atoms with van der Waals surface area (Å²) >= 11 is 0. The third-order valence-corrected chi connectivity index (χ3v) is 3.91. The molecule has 0 aliphatic carbocycles. The number of carbonyl (C=O) groups excluding carboxylic acids is 1. The highest BCUT2D eigenvalue weighted by atomic mass is 32.2. The first-order valence-electron chi connectivity index (χ1n) is 8.11. The quantitative estimate of drug-likeness (QED) is 0.449. The van der Waals surface area contributed by atoms with Gasteiger partial charge in [0.25, 0.3) is 0 Å². The van der Waals surface area contributed by atoms with E-state index in [1.807, 2.05) is 4.90 Å². The Morgan fingerprint density at radius 3 is 2.38 bits per heavy atom. The molecule has 24 heavy (non-hydrogen) atoms. The lowest BCUT2D eigenvalue weighted by molar-refractivity contribution is -0.132. The maximum atomic E-state index is 12.3. The molecular weight excluding hydrogens is 330 g/mol. The Morgan fingerprint density at radius 2 is 1.83 bits per heavy atom. The standard InChI is InChI=1S/C17H27NO5S/c1-4-5-7-17(19)18(12-6-13-22-2)14-15-8-10-16(11-9-15)23-24(3,20)21/h8-11H,4-7,12-14H2,1-3H3. The fourth-order valence-electron chi connectivity index (χ4n) is 2.22. The molecule has 0 unspecified atom stereocenters. The molecule has 0 saturated heterocycles. The average Bonchev–Trinajstić information content (AvgIpc) is 2.52. The highest BCUT2D eigenvalue weighted by Gasteiger charge is 2.13. The van der Waals surface area contributed by atoms with Crippen LogP contribution in [0.15, 0.2) is 24.3 Å². The number of amides is 1. The summed E-state index contributed by atoms with van der Waals surface area (Å²) in [6, 6.07) is 6.74. The Labute approximate surface area is 144 Å². The number of methoxy groups -OCH3 is 1. The molecular formula is C17H27NO5S. The molecule has 1 rings (SSSR count). The van der Waals surface area contributed by atoms with Crippen LogP contribution in [0.25, 0.3) is 0 Å². The van der Waals surface area contributed by atoms with E-state index in [1.165, 1.54) is 0 Å². The molecule has 0 bridgehead atoms. The highest BCUT2D eigenvalue weighted by molar-refractivity contribution is 7.86. The Hall–Kier alpha value is -1.60. The van der Waals surface area contributed by atoms with Gasteiger partial charge in [0.15, 0.2) is 0 Å². The predicted molar refractivity (Wildman–Crippen MR) is 93.3 cm³/mol. The van der Waals surface area contributed by atoms with Crippen LogP contribution in [-0.2, 0) is 26.2 Å². The van der Waals surface area contributed by atoms with Crippen LogP contribution in [0.3, 0.4) is 0 Å². The molecule has 136 valence electrons. The molecule has 1 aromatic rings. The fourth-order valence-corrected chi connectivity index (χ4v) is 2.68. The minimum Gasteiger partial charge on any atom is -0.385 e. The molecule has 0 fully saturated rings. The molecule has 0 spiro atoms. The largest absolute Gasteiger partial charge is 0.385 e. The smallest absolute Gasteiger partial charge is 0.306 e. The first-order chi connectivity index (χ1) is 11.4. The van der Waals surface area contributed by atoms with E-state index in [2.05, 4.69) is 6.92 Å². The van der Waals surface area contributed by atoms with E-state index < -0.39 is 10.1 Å². The summed E-state index contributed by atoms with van der Waals surface area (Å²) in [5.41, 5.74) is 0.929. The van der Waals surface area contributed by atoms with Crippen molar-refractivity contribution in [3.63, 3.8) is 0 Å². The van der Waals surface area contributed by atoms with Crippen LogP contribution in [0.5, 0.6) is 5.75 Å². The van der Waals surface area contributed by atoms with Crippen molar-refractivity contribution in [2.45, 2.75) is 39.2 Å². The molecule has 7 heteroatoms. The first kappa shape index (κ1) is 20.4. The molecule has 6 nitrogen and oxygen atoms in total. The second kappa shape index (κ2) is 10.3. The Kier molecular flexibility index (Phi) is 8.78. The van der Waals surface area contributed by atoms with Gasteiger partial charge in [-0.25, -0.2) is 0 Å². The zero-order valence-corrected chi connectivity index (χ0v) is 15.5. The monoisotopic (exact) mass is 357 g/mol. The van der Waals surface area contributed by atoms with E-state index in [0.717, 1.165) is 31.1 Å². The van der Waals surface area contributed by atoms with Crippen LogP contribution in [0, 0.1) is 0 Å². The topological polar surface area (TPSA) is 72.9 Å². The van der Waals surface area contributed by atoms with E-state index >= 15 is 0 Å². The van der Waals surface area contributed by atoms with E-state index in [9.17, 15) is 13.2 Å². The normalized spacial score (nSPS) is 11.3. The van der Waals surface area contributed by atoms with Crippen molar-refractivity contribution in [3.8, 4) is 5.75 Å².